The molecule has 0 bridgehead atoms. The van der Waals surface area contributed by atoms with Crippen molar-refractivity contribution in [2.24, 2.45) is 0 Å². The minimum atomic E-state index is -0.325. The van der Waals surface area contributed by atoms with Crippen LogP contribution in [0.15, 0.2) is 72.8 Å². The highest BCUT2D eigenvalue weighted by Crippen LogP contribution is 2.27. The molecule has 0 aliphatic carbocycles. The summed E-state index contributed by atoms with van der Waals surface area (Å²) in [6.45, 7) is 0. The van der Waals surface area contributed by atoms with E-state index < -0.39 is 0 Å². The maximum absolute atomic E-state index is 11.5. The average molecular weight is 275 g/mol. The average Bonchev–Trinajstić information content (AvgIpc) is 2.53. The van der Waals surface area contributed by atoms with Crippen LogP contribution in [0.4, 0.5) is 0 Å². The highest BCUT2D eigenvalue weighted by atomic mass is 16.6. The van der Waals surface area contributed by atoms with Crippen LogP contribution in [0.2, 0.25) is 0 Å². The molecule has 3 rings (SSSR count). The van der Waals surface area contributed by atoms with E-state index in [-0.39, 0.29) is 10.6 Å². The van der Waals surface area contributed by atoms with Crippen LogP contribution < -0.4 is 0 Å². The minimum Gasteiger partial charge on any atom is -0.258 e. The molecule has 0 amide bonds. The van der Waals surface area contributed by atoms with Crippen LogP contribution in [0.3, 0.4) is 0 Å². The van der Waals surface area contributed by atoms with Crippen molar-refractivity contribution in [3.8, 4) is 0 Å². The third-order valence-corrected chi connectivity index (χ3v) is 3.37. The normalized spacial score (nSPS) is 11.5. The Morgan fingerprint density at radius 3 is 2.29 bits per heavy atom. The van der Waals surface area contributed by atoms with Crippen molar-refractivity contribution in [3.63, 3.8) is 0 Å². The van der Waals surface area contributed by atoms with Gasteiger partial charge in [0.05, 0.1) is 10.5 Å². The molecule has 102 valence electrons. The number of hydrogen-bond acceptors (Lipinski definition) is 2. The van der Waals surface area contributed by atoms with Gasteiger partial charge in [0.1, 0.15) is 0 Å². The number of rotatable bonds is 3. The van der Waals surface area contributed by atoms with Gasteiger partial charge in [-0.05, 0) is 22.4 Å². The molecule has 0 saturated carbocycles. The van der Waals surface area contributed by atoms with E-state index >= 15 is 0 Å². The first-order chi connectivity index (χ1) is 10.3. The molecule has 0 aromatic heterocycles. The fourth-order valence-corrected chi connectivity index (χ4v) is 2.38. The van der Waals surface area contributed by atoms with Gasteiger partial charge in [-0.2, -0.15) is 0 Å². The molecule has 3 heteroatoms. The van der Waals surface area contributed by atoms with Crippen LogP contribution >= 0.6 is 0 Å². The van der Waals surface area contributed by atoms with Gasteiger partial charge >= 0.3 is 0 Å². The predicted molar refractivity (Wildman–Crippen MR) is 85.3 cm³/mol. The SMILES string of the molecule is O=[N+]([O-])C(=Cc1ccccc1)c1cccc2ccccc12. The minimum absolute atomic E-state index is 0.109. The van der Waals surface area contributed by atoms with Gasteiger partial charge in [0.25, 0.3) is 5.70 Å². The zero-order chi connectivity index (χ0) is 14.7. The lowest BCUT2D eigenvalue weighted by Gasteiger charge is -2.04. The third kappa shape index (κ3) is 2.67. The second kappa shape index (κ2) is 5.59. The number of fused-ring (bicyclic) bond motifs is 1. The number of benzene rings is 3. The molecule has 3 nitrogen and oxygen atoms in total. The van der Waals surface area contributed by atoms with Crippen LogP contribution in [0.1, 0.15) is 11.1 Å². The van der Waals surface area contributed by atoms with Crippen molar-refractivity contribution in [2.75, 3.05) is 0 Å². The molecule has 3 aromatic carbocycles. The summed E-state index contributed by atoms with van der Waals surface area (Å²) >= 11 is 0. The van der Waals surface area contributed by atoms with Gasteiger partial charge in [0, 0.05) is 6.08 Å². The Morgan fingerprint density at radius 2 is 1.52 bits per heavy atom. The summed E-state index contributed by atoms with van der Waals surface area (Å²) in [4.78, 5) is 11.2. The topological polar surface area (TPSA) is 43.1 Å². The quantitative estimate of drug-likeness (QED) is 0.398. The zero-order valence-corrected chi connectivity index (χ0v) is 11.3. The molecule has 0 atom stereocenters. The molecule has 0 aliphatic rings. The second-order valence-electron chi connectivity index (χ2n) is 4.72. The van der Waals surface area contributed by atoms with Crippen molar-refractivity contribution >= 4 is 22.5 Å². The molecule has 3 aromatic rings. The Morgan fingerprint density at radius 1 is 0.857 bits per heavy atom. The fourth-order valence-electron chi connectivity index (χ4n) is 2.38. The van der Waals surface area contributed by atoms with E-state index in [0.717, 1.165) is 16.3 Å². The number of hydrogen-bond donors (Lipinski definition) is 0. The third-order valence-electron chi connectivity index (χ3n) is 3.37. The summed E-state index contributed by atoms with van der Waals surface area (Å²) in [5.74, 6) is 0. The van der Waals surface area contributed by atoms with Crippen molar-refractivity contribution < 1.29 is 4.92 Å². The van der Waals surface area contributed by atoms with Gasteiger partial charge in [-0.25, -0.2) is 0 Å². The largest absolute Gasteiger partial charge is 0.277 e. The van der Waals surface area contributed by atoms with Gasteiger partial charge in [0.2, 0.25) is 0 Å². The molecule has 0 saturated heterocycles. The van der Waals surface area contributed by atoms with E-state index in [1.807, 2.05) is 66.7 Å². The molecule has 0 spiro atoms. The summed E-state index contributed by atoms with van der Waals surface area (Å²) in [7, 11) is 0. The highest BCUT2D eigenvalue weighted by molar-refractivity contribution is 5.95. The van der Waals surface area contributed by atoms with E-state index in [1.165, 1.54) is 0 Å². The Labute approximate surface area is 122 Å². The number of nitrogens with zero attached hydrogens (tertiary/aromatic N) is 1. The van der Waals surface area contributed by atoms with E-state index in [9.17, 15) is 10.1 Å². The lowest BCUT2D eigenvalue weighted by molar-refractivity contribution is -0.374. The summed E-state index contributed by atoms with van der Waals surface area (Å²) in [6, 6.07) is 22.6. The second-order valence-corrected chi connectivity index (χ2v) is 4.72. The van der Waals surface area contributed by atoms with E-state index in [0.29, 0.717) is 5.56 Å². The van der Waals surface area contributed by atoms with Gasteiger partial charge in [-0.15, -0.1) is 0 Å². The molecule has 0 unspecified atom stereocenters. The molecule has 0 aliphatic heterocycles. The Balaban J connectivity index is 2.22. The summed E-state index contributed by atoms with van der Waals surface area (Å²) < 4.78 is 0. The van der Waals surface area contributed by atoms with Gasteiger partial charge in [-0.1, -0.05) is 66.7 Å². The lowest BCUT2D eigenvalue weighted by Crippen LogP contribution is -1.98. The Kier molecular flexibility index (Phi) is 3.48. The van der Waals surface area contributed by atoms with Gasteiger partial charge in [0.15, 0.2) is 0 Å². The maximum Gasteiger partial charge on any atom is 0.277 e. The van der Waals surface area contributed by atoms with E-state index in [4.69, 9.17) is 0 Å². The smallest absolute Gasteiger partial charge is 0.258 e. The molecule has 0 heterocycles. The first kappa shape index (κ1) is 13.1. The molecule has 0 radical (unpaired) electrons. The molecular formula is C18H13NO2. The molecule has 0 N–H and O–H groups in total. The van der Waals surface area contributed by atoms with Crippen molar-refractivity contribution in [1.82, 2.24) is 0 Å². The summed E-state index contributed by atoms with van der Waals surface area (Å²) in [6.07, 6.45) is 1.61. The molecule has 21 heavy (non-hydrogen) atoms. The van der Waals surface area contributed by atoms with Crippen LogP contribution in [-0.4, -0.2) is 4.92 Å². The predicted octanol–water partition coefficient (Wildman–Crippen LogP) is 4.61. The summed E-state index contributed by atoms with van der Waals surface area (Å²) in [5, 5.41) is 13.4. The number of nitro groups is 1. The highest BCUT2D eigenvalue weighted by Gasteiger charge is 2.16. The summed E-state index contributed by atoms with van der Waals surface area (Å²) in [5.41, 5.74) is 1.57. The van der Waals surface area contributed by atoms with Gasteiger partial charge < -0.3 is 0 Å². The first-order valence-electron chi connectivity index (χ1n) is 6.65. The first-order valence-corrected chi connectivity index (χ1v) is 6.65. The van der Waals surface area contributed by atoms with Crippen LogP contribution in [0.5, 0.6) is 0 Å². The molecule has 0 fully saturated rings. The Bertz CT molecular complexity index is 818. The monoisotopic (exact) mass is 275 g/mol. The van der Waals surface area contributed by atoms with Crippen molar-refractivity contribution in [3.05, 3.63) is 94.0 Å². The molecular weight excluding hydrogens is 262 g/mol. The lowest BCUT2D eigenvalue weighted by atomic mass is 10.0. The standard InChI is InChI=1S/C18H13NO2/c20-19(21)18(13-14-7-2-1-3-8-14)17-12-6-10-15-9-4-5-11-16(15)17/h1-13H. The van der Waals surface area contributed by atoms with Crippen LogP contribution in [0, 0.1) is 10.1 Å². The zero-order valence-electron chi connectivity index (χ0n) is 11.3. The Hall–Kier alpha value is -2.94. The van der Waals surface area contributed by atoms with Crippen LogP contribution in [0.25, 0.3) is 22.5 Å². The fraction of sp³-hybridized carbons (Fsp3) is 0. The van der Waals surface area contributed by atoms with E-state index in [1.54, 1.807) is 12.1 Å². The van der Waals surface area contributed by atoms with Crippen molar-refractivity contribution in [2.45, 2.75) is 0 Å². The van der Waals surface area contributed by atoms with E-state index in [2.05, 4.69) is 0 Å². The van der Waals surface area contributed by atoms with Gasteiger partial charge in [-0.3, -0.25) is 10.1 Å². The van der Waals surface area contributed by atoms with Crippen molar-refractivity contribution in [1.29, 1.82) is 0 Å². The maximum atomic E-state index is 11.5. The van der Waals surface area contributed by atoms with Crippen LogP contribution in [-0.2, 0) is 0 Å².